The summed E-state index contributed by atoms with van der Waals surface area (Å²) in [5, 5.41) is -0.384. The normalized spacial score (nSPS) is 22.4. The van der Waals surface area contributed by atoms with Crippen molar-refractivity contribution in [3.8, 4) is 0 Å². The fourth-order valence-corrected chi connectivity index (χ4v) is 3.03. The third-order valence-corrected chi connectivity index (χ3v) is 4.03. The number of benzene rings is 1. The van der Waals surface area contributed by atoms with Gasteiger partial charge in [-0.3, -0.25) is 15.0 Å². The average Bonchev–Trinajstić information content (AvgIpc) is 2.50. The van der Waals surface area contributed by atoms with Crippen molar-refractivity contribution in [3.05, 3.63) is 34.9 Å². The molecule has 90 valence electrons. The number of fused-ring (bicyclic) bond motifs is 1. The highest BCUT2D eigenvalue weighted by Crippen LogP contribution is 2.40. The molecule has 3 N–H and O–H groups in total. The van der Waals surface area contributed by atoms with Crippen LogP contribution in [-0.2, 0) is 6.42 Å². The quantitative estimate of drug-likeness (QED) is 0.453. The fourth-order valence-electron chi connectivity index (χ4n) is 2.14. The molecule has 1 aliphatic carbocycles. The molecule has 1 aliphatic rings. The highest BCUT2D eigenvalue weighted by Gasteiger charge is 2.43. The minimum absolute atomic E-state index is 0.00102. The number of hydrazine groups is 1. The molecule has 0 aromatic heterocycles. The molecular formula is C12H14N2O2S. The number of hydrogen-bond acceptors (Lipinski definition) is 4. The predicted molar refractivity (Wildman–Crippen MR) is 67.9 cm³/mol. The second-order valence-electron chi connectivity index (χ2n) is 4.43. The Morgan fingerprint density at radius 3 is 2.88 bits per heavy atom. The summed E-state index contributed by atoms with van der Waals surface area (Å²) in [6.07, 6.45) is 0.570. The molecule has 1 aromatic rings. The van der Waals surface area contributed by atoms with Crippen LogP contribution in [-0.4, -0.2) is 15.8 Å². The third kappa shape index (κ3) is 2.08. The van der Waals surface area contributed by atoms with Gasteiger partial charge in [0, 0.05) is 5.56 Å². The van der Waals surface area contributed by atoms with E-state index < -0.39 is 4.75 Å². The Hall–Kier alpha value is -1.33. The Morgan fingerprint density at radius 2 is 2.24 bits per heavy atom. The van der Waals surface area contributed by atoms with E-state index in [1.165, 1.54) is 0 Å². The lowest BCUT2D eigenvalue weighted by molar-refractivity contribution is 0.0965. The fraction of sp³-hybridized carbons (Fsp3) is 0.333. The maximum atomic E-state index is 12.2. The zero-order valence-corrected chi connectivity index (χ0v) is 10.6. The van der Waals surface area contributed by atoms with Crippen molar-refractivity contribution in [3.63, 3.8) is 0 Å². The number of rotatable bonds is 1. The van der Waals surface area contributed by atoms with Crippen molar-refractivity contribution in [1.29, 1.82) is 0 Å². The molecule has 1 atom stereocenters. The van der Waals surface area contributed by atoms with E-state index >= 15 is 0 Å². The van der Waals surface area contributed by atoms with E-state index in [1.54, 1.807) is 6.92 Å². The molecule has 1 aromatic carbocycles. The highest BCUT2D eigenvalue weighted by molar-refractivity contribution is 8.15. The Labute approximate surface area is 104 Å². The highest BCUT2D eigenvalue weighted by atomic mass is 32.2. The van der Waals surface area contributed by atoms with Crippen molar-refractivity contribution in [2.24, 2.45) is 5.84 Å². The molecular weight excluding hydrogens is 236 g/mol. The lowest BCUT2D eigenvalue weighted by atomic mass is 10.1. The summed E-state index contributed by atoms with van der Waals surface area (Å²) in [6.45, 7) is 3.77. The van der Waals surface area contributed by atoms with Gasteiger partial charge in [-0.15, -0.1) is 0 Å². The molecule has 1 unspecified atom stereocenters. The number of hydrogen-bond donors (Lipinski definition) is 2. The van der Waals surface area contributed by atoms with E-state index in [9.17, 15) is 9.59 Å². The van der Waals surface area contributed by atoms with Gasteiger partial charge in [0.15, 0.2) is 5.78 Å². The van der Waals surface area contributed by atoms with E-state index in [0.717, 1.165) is 28.5 Å². The Balaban J connectivity index is 2.33. The van der Waals surface area contributed by atoms with Gasteiger partial charge in [-0.25, -0.2) is 5.84 Å². The Morgan fingerprint density at radius 1 is 1.53 bits per heavy atom. The minimum atomic E-state index is -0.737. The number of carbonyl (C=O) groups is 2. The second-order valence-corrected chi connectivity index (χ2v) is 5.91. The largest absolute Gasteiger partial charge is 0.293 e. The summed E-state index contributed by atoms with van der Waals surface area (Å²) >= 11 is 0.955. The predicted octanol–water partition coefficient (Wildman–Crippen LogP) is 1.81. The molecule has 1 amide bonds. The van der Waals surface area contributed by atoms with Gasteiger partial charge in [0.1, 0.15) is 0 Å². The first-order chi connectivity index (χ1) is 7.96. The SMILES string of the molecule is Cc1ccc2c(c1)CC(C)(SC(=O)NN)C2=O. The summed E-state index contributed by atoms with van der Waals surface area (Å²) in [7, 11) is 0. The van der Waals surface area contributed by atoms with Crippen molar-refractivity contribution < 1.29 is 9.59 Å². The number of nitrogens with one attached hydrogen (secondary N) is 1. The van der Waals surface area contributed by atoms with Crippen LogP contribution in [0.3, 0.4) is 0 Å². The lowest BCUT2D eigenvalue weighted by Crippen LogP contribution is -2.35. The van der Waals surface area contributed by atoms with Crippen molar-refractivity contribution in [2.45, 2.75) is 25.0 Å². The van der Waals surface area contributed by atoms with Crippen LogP contribution in [0.15, 0.2) is 18.2 Å². The monoisotopic (exact) mass is 250 g/mol. The number of Topliss-reactive ketones (excluding diaryl/α,β-unsaturated/α-hetero) is 1. The summed E-state index contributed by atoms with van der Waals surface area (Å²) < 4.78 is -0.737. The van der Waals surface area contributed by atoms with Crippen LogP contribution in [0.25, 0.3) is 0 Å². The van der Waals surface area contributed by atoms with E-state index in [1.807, 2.05) is 30.5 Å². The number of carbonyl (C=O) groups excluding carboxylic acids is 2. The number of nitrogens with two attached hydrogens (primary N) is 1. The summed E-state index contributed by atoms with van der Waals surface area (Å²) in [6, 6.07) is 5.74. The standard InChI is InChI=1S/C12H14N2O2S/c1-7-3-4-9-8(5-7)6-12(2,10(9)15)17-11(16)14-13/h3-5H,6,13H2,1-2H3,(H,14,16). The van der Waals surface area contributed by atoms with Crippen LogP contribution in [0, 0.1) is 6.92 Å². The molecule has 0 spiro atoms. The number of amides is 1. The van der Waals surface area contributed by atoms with E-state index in [4.69, 9.17) is 5.84 Å². The van der Waals surface area contributed by atoms with Crippen LogP contribution < -0.4 is 11.3 Å². The van der Waals surface area contributed by atoms with Crippen molar-refractivity contribution in [1.82, 2.24) is 5.43 Å². The molecule has 4 nitrogen and oxygen atoms in total. The average molecular weight is 250 g/mol. The van der Waals surface area contributed by atoms with Crippen molar-refractivity contribution >= 4 is 22.8 Å². The second kappa shape index (κ2) is 4.16. The molecule has 0 radical (unpaired) electrons. The summed E-state index contributed by atoms with van der Waals surface area (Å²) in [5.41, 5.74) is 4.89. The number of ketones is 1. The molecule has 0 aliphatic heterocycles. The zero-order valence-electron chi connectivity index (χ0n) is 9.74. The zero-order chi connectivity index (χ0) is 12.6. The van der Waals surface area contributed by atoms with E-state index in [2.05, 4.69) is 0 Å². The van der Waals surface area contributed by atoms with Crippen LogP contribution in [0.4, 0.5) is 4.79 Å². The van der Waals surface area contributed by atoms with Crippen LogP contribution in [0.1, 0.15) is 28.4 Å². The maximum Gasteiger partial charge on any atom is 0.293 e. The first kappa shape index (κ1) is 12.1. The lowest BCUT2D eigenvalue weighted by Gasteiger charge is -2.19. The van der Waals surface area contributed by atoms with Gasteiger partial charge < -0.3 is 0 Å². The van der Waals surface area contributed by atoms with Crippen LogP contribution in [0.2, 0.25) is 0 Å². The first-order valence-electron chi connectivity index (χ1n) is 5.30. The Kier molecular flexibility index (Phi) is 2.97. The maximum absolute atomic E-state index is 12.2. The van der Waals surface area contributed by atoms with Gasteiger partial charge in [0.25, 0.3) is 5.24 Å². The number of aryl methyl sites for hydroxylation is 1. The van der Waals surface area contributed by atoms with Gasteiger partial charge in [0.05, 0.1) is 4.75 Å². The van der Waals surface area contributed by atoms with E-state index in [0.29, 0.717) is 6.42 Å². The van der Waals surface area contributed by atoms with Gasteiger partial charge >= 0.3 is 0 Å². The van der Waals surface area contributed by atoms with Gasteiger partial charge in [-0.2, -0.15) is 0 Å². The van der Waals surface area contributed by atoms with Crippen molar-refractivity contribution in [2.75, 3.05) is 0 Å². The molecule has 0 saturated heterocycles. The molecule has 0 heterocycles. The molecule has 0 saturated carbocycles. The van der Waals surface area contributed by atoms with Crippen LogP contribution in [0.5, 0.6) is 0 Å². The number of thioether (sulfide) groups is 1. The first-order valence-corrected chi connectivity index (χ1v) is 6.12. The van der Waals surface area contributed by atoms with E-state index in [-0.39, 0.29) is 11.0 Å². The molecule has 17 heavy (non-hydrogen) atoms. The van der Waals surface area contributed by atoms with Gasteiger partial charge in [-0.05, 0) is 37.6 Å². The molecule has 2 rings (SSSR count). The Bertz CT molecular complexity index is 501. The molecule has 0 fully saturated rings. The topological polar surface area (TPSA) is 72.2 Å². The van der Waals surface area contributed by atoms with Gasteiger partial charge in [-0.1, -0.05) is 23.8 Å². The summed E-state index contributed by atoms with van der Waals surface area (Å²) in [5.74, 6) is 5.05. The smallest absolute Gasteiger partial charge is 0.293 e. The molecule has 5 heteroatoms. The molecule has 0 bridgehead atoms. The summed E-state index contributed by atoms with van der Waals surface area (Å²) in [4.78, 5) is 23.6. The van der Waals surface area contributed by atoms with Crippen LogP contribution >= 0.6 is 11.8 Å². The van der Waals surface area contributed by atoms with Gasteiger partial charge in [0.2, 0.25) is 0 Å². The minimum Gasteiger partial charge on any atom is -0.293 e. The third-order valence-electron chi connectivity index (χ3n) is 2.95.